The molecule has 168 valence electrons. The number of carbonyl (C=O) groups is 3. The third-order valence-corrected chi connectivity index (χ3v) is 6.27. The van der Waals surface area contributed by atoms with Crippen molar-refractivity contribution >= 4 is 23.5 Å². The Labute approximate surface area is 187 Å². The largest absolute Gasteiger partial charge is 0.354 e. The van der Waals surface area contributed by atoms with E-state index in [4.69, 9.17) is 0 Å². The van der Waals surface area contributed by atoms with E-state index in [0.29, 0.717) is 37.3 Å². The number of likely N-dealkylation sites (tertiary alicyclic amines) is 1. The van der Waals surface area contributed by atoms with E-state index in [1.807, 2.05) is 25.1 Å². The summed E-state index contributed by atoms with van der Waals surface area (Å²) >= 11 is 0. The molecule has 3 amide bonds. The van der Waals surface area contributed by atoms with Crippen molar-refractivity contribution in [2.24, 2.45) is 0 Å². The number of nitrogens with zero attached hydrogens (tertiary/aromatic N) is 2. The summed E-state index contributed by atoms with van der Waals surface area (Å²) in [4.78, 5) is 44.0. The molecule has 3 heterocycles. The van der Waals surface area contributed by atoms with Gasteiger partial charge in [-0.1, -0.05) is 29.8 Å². The lowest BCUT2D eigenvalue weighted by atomic mass is 9.97. The molecule has 0 bridgehead atoms. The molecule has 2 atom stereocenters. The molecule has 8 nitrogen and oxygen atoms in total. The number of pyridine rings is 1. The summed E-state index contributed by atoms with van der Waals surface area (Å²) in [7, 11) is 0. The Kier molecular flexibility index (Phi) is 6.12. The molecule has 0 aliphatic carbocycles. The molecule has 1 saturated heterocycles. The molecule has 2 aliphatic rings. The maximum atomic E-state index is 12.8. The van der Waals surface area contributed by atoms with Gasteiger partial charge in [-0.25, -0.2) is 4.98 Å². The summed E-state index contributed by atoms with van der Waals surface area (Å²) in [5, 5.41) is 9.30. The average molecular weight is 436 g/mol. The summed E-state index contributed by atoms with van der Waals surface area (Å²) in [5.41, 5.74) is 2.10. The Bertz CT molecular complexity index is 1040. The Morgan fingerprint density at radius 3 is 2.88 bits per heavy atom. The molecule has 32 heavy (non-hydrogen) atoms. The molecular formula is C24H29N5O3. The highest BCUT2D eigenvalue weighted by Gasteiger charge is 2.42. The zero-order valence-corrected chi connectivity index (χ0v) is 18.5. The van der Waals surface area contributed by atoms with Crippen LogP contribution in [0.3, 0.4) is 0 Å². The first kappa shape index (κ1) is 21.8. The molecule has 1 spiro atoms. The van der Waals surface area contributed by atoms with E-state index in [0.717, 1.165) is 6.42 Å². The predicted octanol–water partition coefficient (Wildman–Crippen LogP) is 2.00. The average Bonchev–Trinajstić information content (AvgIpc) is 2.92. The van der Waals surface area contributed by atoms with E-state index < -0.39 is 11.7 Å². The molecule has 0 saturated carbocycles. The topological polar surface area (TPSA) is 103 Å². The standard InChI is InChI=1S/C24H29N5O3/c1-16-5-3-6-18(15-16)9-13-26-22(31)17(2)29-14-11-24(10-8-20(29)30)27-21-19(23(32)28-24)7-4-12-25-21/h3-7,12,15,17H,8-11,13-14H2,1-2H3,(H,25,27)(H,26,31)(H,28,32). The van der Waals surface area contributed by atoms with Crippen molar-refractivity contribution < 1.29 is 14.4 Å². The van der Waals surface area contributed by atoms with Gasteiger partial charge in [-0.2, -0.15) is 0 Å². The van der Waals surface area contributed by atoms with Crippen molar-refractivity contribution in [1.82, 2.24) is 20.5 Å². The van der Waals surface area contributed by atoms with Crippen molar-refractivity contribution in [3.05, 3.63) is 59.3 Å². The number of hydrogen-bond donors (Lipinski definition) is 3. The van der Waals surface area contributed by atoms with Crippen molar-refractivity contribution in [1.29, 1.82) is 0 Å². The van der Waals surface area contributed by atoms with Crippen molar-refractivity contribution in [3.8, 4) is 0 Å². The smallest absolute Gasteiger partial charge is 0.256 e. The lowest BCUT2D eigenvalue weighted by Gasteiger charge is -2.39. The highest BCUT2D eigenvalue weighted by molar-refractivity contribution is 6.01. The van der Waals surface area contributed by atoms with Crippen LogP contribution in [0.1, 0.15) is 47.7 Å². The Morgan fingerprint density at radius 2 is 2.06 bits per heavy atom. The monoisotopic (exact) mass is 435 g/mol. The second-order valence-electron chi connectivity index (χ2n) is 8.60. The van der Waals surface area contributed by atoms with Crippen LogP contribution in [0.15, 0.2) is 42.6 Å². The Balaban J connectivity index is 1.37. The third-order valence-electron chi connectivity index (χ3n) is 6.27. The van der Waals surface area contributed by atoms with E-state index in [1.165, 1.54) is 11.1 Å². The minimum Gasteiger partial charge on any atom is -0.354 e. The van der Waals surface area contributed by atoms with Gasteiger partial charge in [0.2, 0.25) is 11.8 Å². The number of amides is 3. The number of aryl methyl sites for hydroxylation is 1. The molecule has 4 rings (SSSR count). The fraction of sp³-hybridized carbons (Fsp3) is 0.417. The van der Waals surface area contributed by atoms with Crippen LogP contribution in [-0.2, 0) is 16.0 Å². The van der Waals surface area contributed by atoms with Gasteiger partial charge in [0.05, 0.1) is 5.56 Å². The van der Waals surface area contributed by atoms with Gasteiger partial charge in [0, 0.05) is 32.1 Å². The first-order valence-electron chi connectivity index (χ1n) is 11.1. The molecule has 2 aromatic rings. The van der Waals surface area contributed by atoms with Crippen molar-refractivity contribution in [2.45, 2.75) is 51.2 Å². The van der Waals surface area contributed by atoms with Crippen LogP contribution < -0.4 is 16.0 Å². The van der Waals surface area contributed by atoms with E-state index in [-0.39, 0.29) is 24.1 Å². The number of carbonyl (C=O) groups excluding carboxylic acids is 3. The van der Waals surface area contributed by atoms with Crippen LogP contribution in [-0.4, -0.2) is 52.4 Å². The minimum atomic E-state index is -0.746. The molecule has 1 aromatic heterocycles. The molecule has 1 fully saturated rings. The lowest BCUT2D eigenvalue weighted by molar-refractivity contribution is -0.139. The number of benzene rings is 1. The SMILES string of the molecule is Cc1cccc(CCNC(=O)C(C)N2CCC3(CCC2=O)NC(=O)c2cccnc2N3)c1. The van der Waals surface area contributed by atoms with Crippen LogP contribution in [0.25, 0.3) is 0 Å². The van der Waals surface area contributed by atoms with Crippen LogP contribution in [0, 0.1) is 6.92 Å². The highest BCUT2D eigenvalue weighted by atomic mass is 16.2. The second kappa shape index (κ2) is 8.98. The minimum absolute atomic E-state index is 0.0916. The number of aromatic nitrogens is 1. The van der Waals surface area contributed by atoms with Gasteiger partial charge in [-0.3, -0.25) is 14.4 Å². The third kappa shape index (κ3) is 4.59. The number of fused-ring (bicyclic) bond motifs is 1. The fourth-order valence-electron chi connectivity index (χ4n) is 4.40. The van der Waals surface area contributed by atoms with Crippen LogP contribution >= 0.6 is 0 Å². The predicted molar refractivity (Wildman–Crippen MR) is 121 cm³/mol. The molecular weight excluding hydrogens is 406 g/mol. The maximum absolute atomic E-state index is 12.8. The summed E-state index contributed by atoms with van der Waals surface area (Å²) in [6.45, 7) is 4.67. The fourth-order valence-corrected chi connectivity index (χ4v) is 4.40. The van der Waals surface area contributed by atoms with E-state index in [2.05, 4.69) is 27.0 Å². The number of rotatable bonds is 5. The quantitative estimate of drug-likeness (QED) is 0.667. The van der Waals surface area contributed by atoms with Crippen molar-refractivity contribution in [3.63, 3.8) is 0 Å². The van der Waals surface area contributed by atoms with Gasteiger partial charge in [0.1, 0.15) is 17.5 Å². The Hall–Kier alpha value is -3.42. The zero-order chi connectivity index (χ0) is 22.7. The summed E-state index contributed by atoms with van der Waals surface area (Å²) < 4.78 is 0. The van der Waals surface area contributed by atoms with E-state index in [1.54, 1.807) is 30.2 Å². The molecule has 0 radical (unpaired) electrons. The van der Waals surface area contributed by atoms with Gasteiger partial charge < -0.3 is 20.9 Å². The summed E-state index contributed by atoms with van der Waals surface area (Å²) in [6, 6.07) is 11.0. The molecule has 1 aromatic carbocycles. The van der Waals surface area contributed by atoms with Gasteiger partial charge in [-0.15, -0.1) is 0 Å². The number of anilines is 1. The van der Waals surface area contributed by atoms with Gasteiger partial charge in [0.25, 0.3) is 5.91 Å². The summed E-state index contributed by atoms with van der Waals surface area (Å²) in [5.74, 6) is 0.0643. The van der Waals surface area contributed by atoms with E-state index >= 15 is 0 Å². The number of nitrogens with one attached hydrogen (secondary N) is 3. The Morgan fingerprint density at radius 1 is 1.22 bits per heavy atom. The van der Waals surface area contributed by atoms with Crippen LogP contribution in [0.5, 0.6) is 0 Å². The van der Waals surface area contributed by atoms with E-state index in [9.17, 15) is 14.4 Å². The number of hydrogen-bond acceptors (Lipinski definition) is 5. The van der Waals surface area contributed by atoms with Gasteiger partial charge in [0.15, 0.2) is 0 Å². The first-order chi connectivity index (χ1) is 15.4. The van der Waals surface area contributed by atoms with Gasteiger partial charge >= 0.3 is 0 Å². The first-order valence-corrected chi connectivity index (χ1v) is 11.1. The second-order valence-corrected chi connectivity index (χ2v) is 8.60. The molecule has 3 N–H and O–H groups in total. The van der Waals surface area contributed by atoms with Crippen LogP contribution in [0.4, 0.5) is 5.82 Å². The summed E-state index contributed by atoms with van der Waals surface area (Å²) in [6.07, 6.45) is 3.53. The molecule has 8 heteroatoms. The van der Waals surface area contributed by atoms with Gasteiger partial charge in [-0.05, 0) is 44.4 Å². The lowest BCUT2D eigenvalue weighted by Crippen LogP contribution is -2.58. The molecule has 2 aliphatic heterocycles. The molecule has 2 unspecified atom stereocenters. The normalized spacial score (nSPS) is 21.2. The van der Waals surface area contributed by atoms with Crippen molar-refractivity contribution in [2.75, 3.05) is 18.4 Å². The maximum Gasteiger partial charge on any atom is 0.256 e. The zero-order valence-electron chi connectivity index (χ0n) is 18.5. The van der Waals surface area contributed by atoms with Crippen LogP contribution in [0.2, 0.25) is 0 Å². The highest BCUT2D eigenvalue weighted by Crippen LogP contribution is 2.30.